The van der Waals surface area contributed by atoms with Gasteiger partial charge in [-0.1, -0.05) is 57.7 Å². The number of hydrazine groups is 1. The van der Waals surface area contributed by atoms with Crippen molar-refractivity contribution in [2.24, 2.45) is 5.84 Å². The van der Waals surface area contributed by atoms with Gasteiger partial charge in [0.2, 0.25) is 0 Å². The third kappa shape index (κ3) is 9.77. The third-order valence-corrected chi connectivity index (χ3v) is 2.49. The Balaban J connectivity index is 2.95. The van der Waals surface area contributed by atoms with E-state index in [0.29, 0.717) is 0 Å². The number of nitrogens with one attached hydrogen (secondary N) is 1. The molecule has 3 N–H and O–H groups in total. The lowest BCUT2D eigenvalue weighted by atomic mass is 10.1. The molecule has 0 saturated heterocycles. The van der Waals surface area contributed by atoms with Gasteiger partial charge < -0.3 is 5.43 Å². The maximum atomic E-state index is 5.16. The van der Waals surface area contributed by atoms with E-state index >= 15 is 0 Å². The van der Waals surface area contributed by atoms with Gasteiger partial charge in [-0.2, -0.15) is 0 Å². The molecule has 0 saturated carbocycles. The fraction of sp³-hybridized carbons (Fsp3) is 0.900. The van der Waals surface area contributed by atoms with Crippen LogP contribution in [0.4, 0.5) is 0 Å². The molecule has 0 unspecified atom stereocenters. The van der Waals surface area contributed by atoms with Gasteiger partial charge >= 0.3 is 0 Å². The number of nitrogens with two attached hydrogens (primary N) is 1. The van der Waals surface area contributed by atoms with Gasteiger partial charge in [-0.3, -0.25) is 5.84 Å². The van der Waals surface area contributed by atoms with Crippen molar-refractivity contribution in [3.05, 3.63) is 0 Å². The molecule has 0 aliphatic carbocycles. The zero-order chi connectivity index (χ0) is 9.94. The number of rotatable bonds is 8. The minimum Gasteiger partial charge on any atom is -0.318 e. The summed E-state index contributed by atoms with van der Waals surface area (Å²) in [6.07, 6.45) is 10.2. The van der Waals surface area contributed by atoms with Crippen LogP contribution in [0.25, 0.3) is 0 Å². The lowest BCUT2D eigenvalue weighted by Gasteiger charge is -2.02. The normalized spacial score (nSPS) is 10.0. The monoisotopic (exact) mass is 202 g/mol. The molecule has 0 atom stereocenters. The highest BCUT2D eigenvalue weighted by molar-refractivity contribution is 7.80. The van der Waals surface area contributed by atoms with Crippen molar-refractivity contribution in [2.45, 2.75) is 58.3 Å². The van der Waals surface area contributed by atoms with Crippen LogP contribution in [0.15, 0.2) is 0 Å². The van der Waals surface area contributed by atoms with E-state index in [-0.39, 0.29) is 0 Å². The van der Waals surface area contributed by atoms with E-state index < -0.39 is 0 Å². The average molecular weight is 202 g/mol. The topological polar surface area (TPSA) is 38.0 Å². The quantitative estimate of drug-likeness (QED) is 0.275. The minimum atomic E-state index is 0.786. The second-order valence-electron chi connectivity index (χ2n) is 3.44. The Kier molecular flexibility index (Phi) is 9.82. The molecule has 78 valence electrons. The Bertz CT molecular complexity index is 126. The Morgan fingerprint density at radius 1 is 1.08 bits per heavy atom. The van der Waals surface area contributed by atoms with E-state index in [1.54, 1.807) is 0 Å². The molecule has 0 aromatic heterocycles. The van der Waals surface area contributed by atoms with Crippen molar-refractivity contribution in [1.29, 1.82) is 0 Å². The molecule has 0 aromatic carbocycles. The standard InChI is InChI=1S/C10H22N2S/c1-2-3-4-5-6-7-8-9-10(13)12-11/h2-9,11H2,1H3,(H,12,13). The maximum Gasteiger partial charge on any atom is 0.0893 e. The van der Waals surface area contributed by atoms with E-state index in [2.05, 4.69) is 12.3 Å². The van der Waals surface area contributed by atoms with Gasteiger partial charge in [0.05, 0.1) is 4.99 Å². The SMILES string of the molecule is CCCCCCCCCC(=S)NN. The number of hydrogen-bond donors (Lipinski definition) is 2. The van der Waals surface area contributed by atoms with Crippen molar-refractivity contribution >= 4 is 17.2 Å². The molecule has 0 aromatic rings. The van der Waals surface area contributed by atoms with Gasteiger partial charge in [0.1, 0.15) is 0 Å². The smallest absolute Gasteiger partial charge is 0.0893 e. The van der Waals surface area contributed by atoms with Crippen LogP contribution in [0.5, 0.6) is 0 Å². The predicted octanol–water partition coefficient (Wildman–Crippen LogP) is 2.92. The van der Waals surface area contributed by atoms with Crippen LogP contribution in [-0.2, 0) is 0 Å². The summed E-state index contributed by atoms with van der Waals surface area (Å²) in [5.41, 5.74) is 2.51. The molecule has 0 heterocycles. The van der Waals surface area contributed by atoms with Crippen molar-refractivity contribution in [1.82, 2.24) is 5.43 Å². The van der Waals surface area contributed by atoms with Crippen molar-refractivity contribution in [2.75, 3.05) is 0 Å². The summed E-state index contributed by atoms with van der Waals surface area (Å²) in [6.45, 7) is 2.24. The summed E-state index contributed by atoms with van der Waals surface area (Å²) in [7, 11) is 0. The first-order valence-corrected chi connectivity index (χ1v) is 5.71. The summed E-state index contributed by atoms with van der Waals surface area (Å²) < 4.78 is 0. The summed E-state index contributed by atoms with van der Waals surface area (Å²) in [6, 6.07) is 0. The molecule has 0 radical (unpaired) electrons. The number of hydrogen-bond acceptors (Lipinski definition) is 2. The first-order valence-electron chi connectivity index (χ1n) is 5.30. The van der Waals surface area contributed by atoms with Gasteiger partial charge in [0.15, 0.2) is 0 Å². The molecule has 2 nitrogen and oxygen atoms in total. The summed E-state index contributed by atoms with van der Waals surface area (Å²) in [5.74, 6) is 5.16. The van der Waals surface area contributed by atoms with E-state index in [0.717, 1.165) is 11.4 Å². The lowest BCUT2D eigenvalue weighted by molar-refractivity contribution is 0.594. The van der Waals surface area contributed by atoms with Gasteiger partial charge in [-0.25, -0.2) is 0 Å². The molecule has 0 aliphatic heterocycles. The first kappa shape index (κ1) is 12.8. The fourth-order valence-corrected chi connectivity index (χ4v) is 1.46. The summed E-state index contributed by atoms with van der Waals surface area (Å²) in [4.78, 5) is 0.786. The van der Waals surface area contributed by atoms with Gasteiger partial charge in [-0.15, -0.1) is 0 Å². The van der Waals surface area contributed by atoms with E-state index in [1.165, 1.54) is 44.9 Å². The Labute approximate surface area is 87.2 Å². The molecule has 0 amide bonds. The van der Waals surface area contributed by atoms with Crippen LogP contribution >= 0.6 is 12.2 Å². The maximum absolute atomic E-state index is 5.16. The zero-order valence-corrected chi connectivity index (χ0v) is 9.46. The average Bonchev–Trinajstić information content (AvgIpc) is 2.16. The van der Waals surface area contributed by atoms with E-state index in [4.69, 9.17) is 18.1 Å². The van der Waals surface area contributed by atoms with Crippen LogP contribution in [-0.4, -0.2) is 4.99 Å². The highest BCUT2D eigenvalue weighted by atomic mass is 32.1. The number of thiocarbonyl (C=S) groups is 1. The van der Waals surface area contributed by atoms with Crippen LogP contribution < -0.4 is 11.3 Å². The molecular weight excluding hydrogens is 180 g/mol. The molecule has 0 bridgehead atoms. The fourth-order valence-electron chi connectivity index (χ4n) is 1.31. The van der Waals surface area contributed by atoms with Crippen LogP contribution in [0.1, 0.15) is 58.3 Å². The van der Waals surface area contributed by atoms with E-state index in [1.807, 2.05) is 0 Å². The minimum absolute atomic E-state index is 0.786. The van der Waals surface area contributed by atoms with Gasteiger partial charge in [-0.05, 0) is 12.8 Å². The summed E-state index contributed by atoms with van der Waals surface area (Å²) in [5, 5.41) is 0. The van der Waals surface area contributed by atoms with Crippen molar-refractivity contribution in [3.8, 4) is 0 Å². The van der Waals surface area contributed by atoms with Crippen LogP contribution in [0.3, 0.4) is 0 Å². The Morgan fingerprint density at radius 2 is 1.62 bits per heavy atom. The van der Waals surface area contributed by atoms with Crippen molar-refractivity contribution in [3.63, 3.8) is 0 Å². The molecular formula is C10H22N2S. The van der Waals surface area contributed by atoms with Crippen LogP contribution in [0, 0.1) is 0 Å². The van der Waals surface area contributed by atoms with Gasteiger partial charge in [0.25, 0.3) is 0 Å². The second-order valence-corrected chi connectivity index (χ2v) is 3.93. The molecule has 3 heteroatoms. The van der Waals surface area contributed by atoms with Crippen molar-refractivity contribution < 1.29 is 0 Å². The third-order valence-electron chi connectivity index (χ3n) is 2.17. The first-order chi connectivity index (χ1) is 6.31. The highest BCUT2D eigenvalue weighted by Gasteiger charge is 1.93. The highest BCUT2D eigenvalue weighted by Crippen LogP contribution is 2.08. The Hall–Kier alpha value is -0.150. The predicted molar refractivity (Wildman–Crippen MR) is 62.5 cm³/mol. The molecule has 0 spiro atoms. The Morgan fingerprint density at radius 3 is 2.15 bits per heavy atom. The molecule has 13 heavy (non-hydrogen) atoms. The second kappa shape index (κ2) is 9.93. The van der Waals surface area contributed by atoms with Gasteiger partial charge in [0, 0.05) is 0 Å². The summed E-state index contributed by atoms with van der Waals surface area (Å²) >= 11 is 4.94. The molecule has 0 rings (SSSR count). The van der Waals surface area contributed by atoms with E-state index in [9.17, 15) is 0 Å². The van der Waals surface area contributed by atoms with Crippen LogP contribution in [0.2, 0.25) is 0 Å². The molecule has 0 aliphatic rings. The largest absolute Gasteiger partial charge is 0.318 e. The number of unbranched alkanes of at least 4 members (excludes halogenated alkanes) is 6. The molecule has 0 fully saturated rings. The zero-order valence-electron chi connectivity index (χ0n) is 8.64. The lowest BCUT2D eigenvalue weighted by Crippen LogP contribution is -2.28.